The van der Waals surface area contributed by atoms with Crippen LogP contribution >= 0.6 is 22.9 Å². The number of anilines is 1. The van der Waals surface area contributed by atoms with Crippen LogP contribution in [0, 0.1) is 0 Å². The van der Waals surface area contributed by atoms with Crippen LogP contribution in [0.3, 0.4) is 0 Å². The highest BCUT2D eigenvalue weighted by atomic mass is 35.5. The van der Waals surface area contributed by atoms with Crippen molar-refractivity contribution in [3.63, 3.8) is 0 Å². The molecule has 2 heterocycles. The average Bonchev–Trinajstić information content (AvgIpc) is 3.04. The molecule has 0 amide bonds. The van der Waals surface area contributed by atoms with E-state index in [2.05, 4.69) is 14.6 Å². The molecule has 1 saturated heterocycles. The third-order valence-electron chi connectivity index (χ3n) is 3.83. The number of hydrogen-bond acceptors (Lipinski definition) is 5. The van der Waals surface area contributed by atoms with Crippen LogP contribution < -0.4 is 9.62 Å². The van der Waals surface area contributed by atoms with Gasteiger partial charge in [-0.25, -0.2) is 18.1 Å². The maximum atomic E-state index is 12.3. The first-order valence-corrected chi connectivity index (χ1v) is 10.3. The summed E-state index contributed by atoms with van der Waals surface area (Å²) in [5.74, 6) is -0.0840. The molecule has 0 unspecified atom stereocenters. The molecule has 0 radical (unpaired) electrons. The van der Waals surface area contributed by atoms with Crippen LogP contribution in [0.2, 0.25) is 5.02 Å². The number of nitrogens with one attached hydrogen (secondary N) is 1. The largest absolute Gasteiger partial charge is 0.348 e. The summed E-state index contributed by atoms with van der Waals surface area (Å²) in [6, 6.07) is 7.01. The van der Waals surface area contributed by atoms with Crippen molar-refractivity contribution in [3.05, 3.63) is 46.4 Å². The van der Waals surface area contributed by atoms with Crippen molar-refractivity contribution in [1.82, 2.24) is 9.71 Å². The fourth-order valence-corrected chi connectivity index (χ4v) is 5.14. The van der Waals surface area contributed by atoms with Crippen LogP contribution in [0.5, 0.6) is 0 Å². The fourth-order valence-electron chi connectivity index (χ4n) is 2.68. The van der Waals surface area contributed by atoms with Gasteiger partial charge in [0, 0.05) is 35.7 Å². The summed E-state index contributed by atoms with van der Waals surface area (Å²) in [5.41, 5.74) is 0.627. The van der Waals surface area contributed by atoms with Crippen LogP contribution in [-0.2, 0) is 15.8 Å². The third kappa shape index (κ3) is 4.44. The molecule has 5 nitrogen and oxygen atoms in total. The number of sulfonamides is 1. The van der Waals surface area contributed by atoms with E-state index in [-0.39, 0.29) is 11.8 Å². The predicted molar refractivity (Wildman–Crippen MR) is 94.6 cm³/mol. The highest BCUT2D eigenvalue weighted by Gasteiger charge is 2.25. The van der Waals surface area contributed by atoms with E-state index in [4.69, 9.17) is 11.6 Å². The average molecular weight is 372 g/mol. The van der Waals surface area contributed by atoms with Crippen molar-refractivity contribution in [2.75, 3.05) is 18.0 Å². The van der Waals surface area contributed by atoms with Gasteiger partial charge in [-0.2, -0.15) is 0 Å². The van der Waals surface area contributed by atoms with E-state index in [1.54, 1.807) is 41.8 Å². The Hall–Kier alpha value is -1.15. The molecule has 0 bridgehead atoms. The molecule has 0 saturated carbocycles. The molecule has 1 N–H and O–H groups in total. The predicted octanol–water partition coefficient (Wildman–Crippen LogP) is 2.88. The summed E-state index contributed by atoms with van der Waals surface area (Å²) in [7, 11) is -3.39. The molecular weight excluding hydrogens is 354 g/mol. The number of piperidine rings is 1. The maximum absolute atomic E-state index is 12.3. The van der Waals surface area contributed by atoms with Crippen molar-refractivity contribution >= 4 is 38.1 Å². The number of thiazole rings is 1. The van der Waals surface area contributed by atoms with Crippen molar-refractivity contribution in [2.24, 2.45) is 0 Å². The summed E-state index contributed by atoms with van der Waals surface area (Å²) in [6.45, 7) is 1.62. The molecule has 3 rings (SSSR count). The van der Waals surface area contributed by atoms with Gasteiger partial charge < -0.3 is 4.90 Å². The van der Waals surface area contributed by atoms with Gasteiger partial charge in [-0.3, -0.25) is 0 Å². The van der Waals surface area contributed by atoms with Crippen molar-refractivity contribution in [1.29, 1.82) is 0 Å². The zero-order valence-electron chi connectivity index (χ0n) is 12.5. The molecule has 1 aliphatic rings. The molecule has 0 spiro atoms. The molecule has 2 aromatic rings. The lowest BCUT2D eigenvalue weighted by molar-refractivity contribution is 0.459. The molecule has 8 heteroatoms. The van der Waals surface area contributed by atoms with Gasteiger partial charge in [-0.1, -0.05) is 29.8 Å². The molecule has 1 fully saturated rings. The van der Waals surface area contributed by atoms with Gasteiger partial charge in [0.2, 0.25) is 10.0 Å². The summed E-state index contributed by atoms with van der Waals surface area (Å²) >= 11 is 7.65. The Morgan fingerprint density at radius 3 is 2.70 bits per heavy atom. The smallest absolute Gasteiger partial charge is 0.216 e. The molecule has 0 atom stereocenters. The summed E-state index contributed by atoms with van der Waals surface area (Å²) in [5, 5.41) is 3.44. The quantitative estimate of drug-likeness (QED) is 0.877. The molecule has 124 valence electrons. The normalized spacial score (nSPS) is 16.7. The Morgan fingerprint density at radius 2 is 2.04 bits per heavy atom. The van der Waals surface area contributed by atoms with Gasteiger partial charge in [0.1, 0.15) is 0 Å². The number of aromatic nitrogens is 1. The lowest BCUT2D eigenvalue weighted by Crippen LogP contribution is -2.45. The molecule has 1 aromatic heterocycles. The van der Waals surface area contributed by atoms with E-state index in [0.717, 1.165) is 31.1 Å². The van der Waals surface area contributed by atoms with Gasteiger partial charge in [0.25, 0.3) is 0 Å². The van der Waals surface area contributed by atoms with Crippen LogP contribution in [0.25, 0.3) is 0 Å². The van der Waals surface area contributed by atoms with Crippen molar-refractivity contribution in [3.8, 4) is 0 Å². The van der Waals surface area contributed by atoms with E-state index in [9.17, 15) is 8.42 Å². The highest BCUT2D eigenvalue weighted by molar-refractivity contribution is 7.88. The van der Waals surface area contributed by atoms with Crippen LogP contribution in [-0.4, -0.2) is 32.5 Å². The van der Waals surface area contributed by atoms with Gasteiger partial charge in [0.15, 0.2) is 5.13 Å². The van der Waals surface area contributed by atoms with E-state index in [1.165, 1.54) is 0 Å². The first kappa shape index (κ1) is 16.7. The van der Waals surface area contributed by atoms with Gasteiger partial charge in [-0.15, -0.1) is 11.3 Å². The Kier molecular flexibility index (Phi) is 5.21. The molecule has 1 aliphatic heterocycles. The Balaban J connectivity index is 1.56. The first-order valence-electron chi connectivity index (χ1n) is 7.41. The van der Waals surface area contributed by atoms with E-state index < -0.39 is 10.0 Å². The highest BCUT2D eigenvalue weighted by Crippen LogP contribution is 2.23. The molecule has 23 heavy (non-hydrogen) atoms. The molecular formula is C15H18ClN3O2S2. The van der Waals surface area contributed by atoms with Crippen molar-refractivity contribution < 1.29 is 8.42 Å². The van der Waals surface area contributed by atoms with E-state index >= 15 is 0 Å². The second-order valence-corrected chi connectivity index (χ2v) is 8.58. The zero-order valence-corrected chi connectivity index (χ0v) is 14.9. The second-order valence-electron chi connectivity index (χ2n) is 5.54. The van der Waals surface area contributed by atoms with Gasteiger partial charge in [-0.05, 0) is 24.5 Å². The van der Waals surface area contributed by atoms with Crippen LogP contribution in [0.4, 0.5) is 5.13 Å². The Morgan fingerprint density at radius 1 is 1.30 bits per heavy atom. The fraction of sp³-hybridized carbons (Fsp3) is 0.400. The zero-order chi connectivity index (χ0) is 16.3. The standard InChI is InChI=1S/C15H18ClN3O2S2/c16-14-4-2-1-3-12(14)11-23(20,21)18-13-5-8-19(9-6-13)15-17-7-10-22-15/h1-4,7,10,13,18H,5-6,8-9,11H2. The maximum Gasteiger partial charge on any atom is 0.216 e. The monoisotopic (exact) mass is 371 g/mol. The summed E-state index contributed by atoms with van der Waals surface area (Å²) < 4.78 is 27.5. The van der Waals surface area contributed by atoms with Crippen LogP contribution in [0.15, 0.2) is 35.8 Å². The Bertz CT molecular complexity index is 742. The minimum absolute atomic E-state index is 0.0290. The number of benzene rings is 1. The van der Waals surface area contributed by atoms with Crippen molar-refractivity contribution in [2.45, 2.75) is 24.6 Å². The molecule has 1 aromatic carbocycles. The topological polar surface area (TPSA) is 62.3 Å². The SMILES string of the molecule is O=S(=O)(Cc1ccccc1Cl)NC1CCN(c2nccs2)CC1. The first-order chi connectivity index (χ1) is 11.0. The second kappa shape index (κ2) is 7.17. The minimum Gasteiger partial charge on any atom is -0.348 e. The Labute approximate surface area is 145 Å². The summed E-state index contributed by atoms with van der Waals surface area (Å²) in [4.78, 5) is 6.49. The van der Waals surface area contributed by atoms with Crippen LogP contribution in [0.1, 0.15) is 18.4 Å². The number of hydrogen-bond donors (Lipinski definition) is 1. The minimum atomic E-state index is -3.39. The van der Waals surface area contributed by atoms with Gasteiger partial charge >= 0.3 is 0 Å². The number of halogens is 1. The summed E-state index contributed by atoms with van der Waals surface area (Å²) in [6.07, 6.45) is 3.35. The lowest BCUT2D eigenvalue weighted by Gasteiger charge is -2.32. The van der Waals surface area contributed by atoms with E-state index in [1.807, 2.05) is 5.38 Å². The van der Waals surface area contributed by atoms with E-state index in [0.29, 0.717) is 10.6 Å². The van der Waals surface area contributed by atoms with Gasteiger partial charge in [0.05, 0.1) is 5.75 Å². The third-order valence-corrected chi connectivity index (χ3v) is 6.42. The molecule has 0 aliphatic carbocycles. The number of nitrogens with zero attached hydrogens (tertiary/aromatic N) is 2. The number of rotatable bonds is 5. The lowest BCUT2D eigenvalue weighted by atomic mass is 10.1.